The van der Waals surface area contributed by atoms with Crippen LogP contribution < -0.4 is 21.2 Å². The van der Waals surface area contributed by atoms with Crippen LogP contribution in [-0.2, 0) is 0 Å². The zero-order chi connectivity index (χ0) is 10.5. The molecule has 0 amide bonds. The lowest BCUT2D eigenvalue weighted by atomic mass is 10.2. The first-order valence-electron chi connectivity index (χ1n) is 4.58. The summed E-state index contributed by atoms with van der Waals surface area (Å²) in [6.07, 6.45) is 0. The van der Waals surface area contributed by atoms with Crippen LogP contribution in [0.2, 0.25) is 0 Å². The van der Waals surface area contributed by atoms with Gasteiger partial charge in [-0.15, -0.1) is 0 Å². The fraction of sp³-hybridized carbons (Fsp3) is 0. The van der Waals surface area contributed by atoms with Crippen LogP contribution in [0.4, 0.5) is 0 Å². The van der Waals surface area contributed by atoms with Gasteiger partial charge in [0.1, 0.15) is 0 Å². The highest BCUT2D eigenvalue weighted by atomic mass is 127. The minimum absolute atomic E-state index is 0.0988. The molecule has 1 nitrogen and oxygen atoms in total. The van der Waals surface area contributed by atoms with Gasteiger partial charge in [0.25, 0.3) is 0 Å². The molecule has 0 fully saturated rings. The summed E-state index contributed by atoms with van der Waals surface area (Å²) in [5, 5.41) is 8.68. The van der Waals surface area contributed by atoms with E-state index in [1.165, 1.54) is 7.14 Å². The van der Waals surface area contributed by atoms with Gasteiger partial charge in [0.05, 0.1) is 11.6 Å². The van der Waals surface area contributed by atoms with Gasteiger partial charge >= 0.3 is 21.2 Å². The van der Waals surface area contributed by atoms with E-state index in [-0.39, 0.29) is 21.2 Å². The van der Waals surface area contributed by atoms with Gasteiger partial charge < -0.3 is 0 Å². The van der Waals surface area contributed by atoms with E-state index in [0.29, 0.717) is 0 Å². The van der Waals surface area contributed by atoms with Crippen molar-refractivity contribution in [3.05, 3.63) is 67.3 Å². The fourth-order valence-corrected chi connectivity index (χ4v) is 3.40. The zero-order valence-electron chi connectivity index (χ0n) is 8.02. The Labute approximate surface area is 99.6 Å². The molecule has 0 aromatic heterocycles. The maximum Gasteiger partial charge on any atom is 0.357 e. The van der Waals surface area contributed by atoms with Crippen LogP contribution in [-0.4, -0.2) is 0 Å². The van der Waals surface area contributed by atoms with Crippen LogP contribution >= 0.6 is 0 Å². The summed E-state index contributed by atoms with van der Waals surface area (Å²) in [4.78, 5) is 0. The summed E-state index contributed by atoms with van der Waals surface area (Å²) in [5.41, 5.74) is 0.732. The Kier molecular flexibility index (Phi) is 3.36. The molecule has 0 aliphatic rings. The maximum absolute atomic E-state index is 8.68. The van der Waals surface area contributed by atoms with Crippen LogP contribution in [0.5, 0.6) is 0 Å². The molecule has 0 bridgehead atoms. The van der Waals surface area contributed by atoms with Crippen LogP contribution in [0.1, 0.15) is 5.56 Å². The van der Waals surface area contributed by atoms with E-state index in [2.05, 4.69) is 42.5 Å². The van der Waals surface area contributed by atoms with E-state index in [9.17, 15) is 0 Å². The highest BCUT2D eigenvalue weighted by molar-refractivity contribution is 5.27. The predicted molar refractivity (Wildman–Crippen MR) is 55.0 cm³/mol. The Hall–Kier alpha value is -1.34. The molecule has 0 spiro atoms. The number of benzene rings is 2. The van der Waals surface area contributed by atoms with Crippen molar-refractivity contribution in [2.75, 3.05) is 0 Å². The Balaban J connectivity index is 2.16. The third-order valence-corrected chi connectivity index (χ3v) is 4.61. The third-order valence-electron chi connectivity index (χ3n) is 1.92. The minimum Gasteiger partial charge on any atom is -0.192 e. The first-order valence-corrected chi connectivity index (χ1v) is 6.74. The Morgan fingerprint density at radius 2 is 1.40 bits per heavy atom. The molecule has 2 rings (SSSR count). The highest BCUT2D eigenvalue weighted by Gasteiger charge is 2.13. The van der Waals surface area contributed by atoms with Crippen molar-refractivity contribution in [2.24, 2.45) is 0 Å². The standard InChI is InChI=1S/C13H9IN/c15-10-11-6-8-13(9-7-11)14-12-4-2-1-3-5-12/h1-9H/q+1. The van der Waals surface area contributed by atoms with Gasteiger partial charge in [-0.2, -0.15) is 5.26 Å². The quantitative estimate of drug-likeness (QED) is 0.698. The summed E-state index contributed by atoms with van der Waals surface area (Å²) < 4.78 is 2.75. The molecule has 2 aromatic carbocycles. The minimum atomic E-state index is -0.0988. The molecule has 0 radical (unpaired) electrons. The van der Waals surface area contributed by atoms with Crippen LogP contribution in [0, 0.1) is 18.5 Å². The lowest BCUT2D eigenvalue weighted by molar-refractivity contribution is -0.597. The molecule has 0 heterocycles. The number of rotatable bonds is 2. The second-order valence-corrected chi connectivity index (χ2v) is 6.04. The molecule has 72 valence electrons. The van der Waals surface area contributed by atoms with E-state index in [4.69, 9.17) is 5.26 Å². The molecule has 0 saturated heterocycles. The molecule has 0 saturated carbocycles. The molecule has 15 heavy (non-hydrogen) atoms. The van der Waals surface area contributed by atoms with Crippen LogP contribution in [0.3, 0.4) is 0 Å². The largest absolute Gasteiger partial charge is 0.357 e. The third kappa shape index (κ3) is 2.80. The average molecular weight is 306 g/mol. The van der Waals surface area contributed by atoms with E-state index in [0.717, 1.165) is 5.56 Å². The molecular formula is C13H9IN+. The predicted octanol–water partition coefficient (Wildman–Crippen LogP) is -0.313. The number of hydrogen-bond acceptors (Lipinski definition) is 1. The molecular weight excluding hydrogens is 297 g/mol. The Morgan fingerprint density at radius 3 is 2.00 bits per heavy atom. The molecule has 0 aliphatic heterocycles. The monoisotopic (exact) mass is 306 g/mol. The number of nitriles is 1. The topological polar surface area (TPSA) is 23.8 Å². The van der Waals surface area contributed by atoms with E-state index >= 15 is 0 Å². The summed E-state index contributed by atoms with van der Waals surface area (Å²) in [6, 6.07) is 20.5. The second-order valence-electron chi connectivity index (χ2n) is 3.01. The fourth-order valence-electron chi connectivity index (χ4n) is 1.19. The van der Waals surface area contributed by atoms with Crippen LogP contribution in [0.25, 0.3) is 0 Å². The average Bonchev–Trinajstić information content (AvgIpc) is 2.31. The van der Waals surface area contributed by atoms with Crippen molar-refractivity contribution >= 4 is 0 Å². The smallest absolute Gasteiger partial charge is 0.192 e. The molecule has 0 atom stereocenters. The summed E-state index contributed by atoms with van der Waals surface area (Å²) in [6.45, 7) is 0. The summed E-state index contributed by atoms with van der Waals surface area (Å²) in [7, 11) is 0. The Morgan fingerprint density at radius 1 is 0.800 bits per heavy atom. The summed E-state index contributed by atoms with van der Waals surface area (Å²) >= 11 is -0.0988. The molecule has 0 N–H and O–H groups in total. The molecule has 2 aromatic rings. The van der Waals surface area contributed by atoms with Gasteiger partial charge in [-0.1, -0.05) is 18.2 Å². The van der Waals surface area contributed by atoms with Gasteiger partial charge in [-0.05, 0) is 36.4 Å². The normalized spacial score (nSPS) is 9.53. The van der Waals surface area contributed by atoms with Gasteiger partial charge in [0, 0.05) is 0 Å². The molecule has 0 unspecified atom stereocenters. The number of halogens is 1. The van der Waals surface area contributed by atoms with Crippen molar-refractivity contribution in [3.63, 3.8) is 0 Å². The van der Waals surface area contributed by atoms with Crippen molar-refractivity contribution in [3.8, 4) is 6.07 Å². The van der Waals surface area contributed by atoms with Crippen molar-refractivity contribution in [1.82, 2.24) is 0 Å². The lowest BCUT2D eigenvalue weighted by Gasteiger charge is -1.87. The maximum atomic E-state index is 8.68. The van der Waals surface area contributed by atoms with E-state index in [1.807, 2.05) is 18.2 Å². The first kappa shape index (κ1) is 10.2. The number of nitrogens with zero attached hydrogens (tertiary/aromatic N) is 1. The highest BCUT2D eigenvalue weighted by Crippen LogP contribution is 1.94. The van der Waals surface area contributed by atoms with E-state index in [1.54, 1.807) is 0 Å². The zero-order valence-corrected chi connectivity index (χ0v) is 10.2. The van der Waals surface area contributed by atoms with Crippen molar-refractivity contribution < 1.29 is 21.2 Å². The lowest BCUT2D eigenvalue weighted by Crippen LogP contribution is -3.61. The van der Waals surface area contributed by atoms with Gasteiger partial charge in [0.15, 0.2) is 7.14 Å². The van der Waals surface area contributed by atoms with E-state index < -0.39 is 0 Å². The second kappa shape index (κ2) is 4.94. The first-order chi connectivity index (χ1) is 7.38. The van der Waals surface area contributed by atoms with Gasteiger partial charge in [-0.25, -0.2) is 0 Å². The Bertz CT molecular complexity index is 468. The number of hydrogen-bond donors (Lipinski definition) is 0. The molecule has 2 heteroatoms. The van der Waals surface area contributed by atoms with Gasteiger partial charge in [-0.3, -0.25) is 0 Å². The van der Waals surface area contributed by atoms with Crippen molar-refractivity contribution in [2.45, 2.75) is 0 Å². The SMILES string of the molecule is N#Cc1ccc([I+]c2ccccc2)cc1. The molecule has 0 aliphatic carbocycles. The van der Waals surface area contributed by atoms with Crippen molar-refractivity contribution in [1.29, 1.82) is 5.26 Å². The van der Waals surface area contributed by atoms with Crippen LogP contribution in [0.15, 0.2) is 54.6 Å². The summed E-state index contributed by atoms with van der Waals surface area (Å²) in [5.74, 6) is 0. The van der Waals surface area contributed by atoms with Gasteiger partial charge in [0.2, 0.25) is 0 Å².